The van der Waals surface area contributed by atoms with Crippen LogP contribution in [0.4, 0.5) is 5.69 Å². The third kappa shape index (κ3) is 3.96. The average Bonchev–Trinajstić information content (AvgIpc) is 2.56. The molecule has 0 saturated carbocycles. The molecule has 3 rings (SSSR count). The fraction of sp³-hybridized carbons (Fsp3) is 0.0588. The summed E-state index contributed by atoms with van der Waals surface area (Å²) in [6, 6.07) is 14.8. The van der Waals surface area contributed by atoms with Crippen molar-refractivity contribution in [3.8, 4) is 0 Å². The second-order valence-electron chi connectivity index (χ2n) is 4.79. The average molecular weight is 363 g/mol. The summed E-state index contributed by atoms with van der Waals surface area (Å²) in [7, 11) is 0. The first-order valence-electron chi connectivity index (χ1n) is 6.85. The van der Waals surface area contributed by atoms with Crippen LogP contribution in [0.1, 0.15) is 0 Å². The number of para-hydroxylation sites is 1. The van der Waals surface area contributed by atoms with Crippen molar-refractivity contribution in [3.05, 3.63) is 64.8 Å². The minimum absolute atomic E-state index is 0.146. The van der Waals surface area contributed by atoms with Crippen molar-refractivity contribution in [1.29, 1.82) is 0 Å². The number of carbonyl (C=O) groups is 1. The minimum atomic E-state index is -0.146. The largest absolute Gasteiger partial charge is 0.324 e. The number of hydrogen-bond donors (Lipinski definition) is 1. The molecule has 6 heteroatoms. The molecule has 3 aromatic rings. The Hall–Kier alpha value is -1.75. The van der Waals surface area contributed by atoms with Gasteiger partial charge in [0.2, 0.25) is 5.91 Å². The third-order valence-electron chi connectivity index (χ3n) is 3.16. The summed E-state index contributed by atoms with van der Waals surface area (Å²) >= 11 is 13.4. The molecule has 0 spiro atoms. The molecule has 23 heavy (non-hydrogen) atoms. The fourth-order valence-corrected chi connectivity index (χ4v) is 3.29. The summed E-state index contributed by atoms with van der Waals surface area (Å²) in [5.74, 6) is 0.116. The number of carbonyl (C=O) groups excluding carboxylic acids is 1. The number of nitrogens with one attached hydrogen (secondary N) is 1. The molecule has 0 unspecified atom stereocenters. The van der Waals surface area contributed by atoms with Gasteiger partial charge in [-0.25, -0.2) is 0 Å². The molecule has 1 heterocycles. The van der Waals surface area contributed by atoms with E-state index >= 15 is 0 Å². The molecule has 116 valence electrons. The van der Waals surface area contributed by atoms with E-state index < -0.39 is 0 Å². The van der Waals surface area contributed by atoms with Crippen molar-refractivity contribution in [1.82, 2.24) is 4.98 Å². The molecule has 2 aromatic carbocycles. The number of thioether (sulfide) groups is 1. The van der Waals surface area contributed by atoms with Gasteiger partial charge < -0.3 is 5.32 Å². The second kappa shape index (κ2) is 7.21. The molecule has 1 amide bonds. The lowest BCUT2D eigenvalue weighted by Crippen LogP contribution is -2.14. The van der Waals surface area contributed by atoms with E-state index in [-0.39, 0.29) is 11.7 Å². The molecule has 0 atom stereocenters. The summed E-state index contributed by atoms with van der Waals surface area (Å²) in [5.41, 5.74) is 1.41. The standard InChI is InChI=1S/C17H12Cl2N2OS/c18-12-6-7-13(19)14(9-12)21-16(22)10-23-15-5-1-3-11-4-2-8-20-17(11)15/h1-9H,10H2,(H,21,22). The normalized spacial score (nSPS) is 10.7. The summed E-state index contributed by atoms with van der Waals surface area (Å²) in [4.78, 5) is 17.5. The maximum absolute atomic E-state index is 12.1. The molecule has 3 nitrogen and oxygen atoms in total. The highest BCUT2D eigenvalue weighted by Gasteiger charge is 2.09. The lowest BCUT2D eigenvalue weighted by molar-refractivity contribution is -0.113. The number of nitrogens with zero attached hydrogens (tertiary/aromatic N) is 1. The SMILES string of the molecule is O=C(CSc1cccc2cccnc12)Nc1cc(Cl)ccc1Cl. The Balaban J connectivity index is 1.70. The lowest BCUT2D eigenvalue weighted by atomic mass is 10.2. The Morgan fingerprint density at radius 1 is 1.13 bits per heavy atom. The van der Waals surface area contributed by atoms with Gasteiger partial charge >= 0.3 is 0 Å². The second-order valence-corrected chi connectivity index (χ2v) is 6.65. The monoisotopic (exact) mass is 362 g/mol. The molecule has 0 aliphatic rings. The van der Waals surface area contributed by atoms with Gasteiger partial charge in [-0.15, -0.1) is 11.8 Å². The molecule has 0 radical (unpaired) electrons. The van der Waals surface area contributed by atoms with Crippen molar-refractivity contribution in [2.75, 3.05) is 11.1 Å². The number of fused-ring (bicyclic) bond motifs is 1. The molecule has 0 saturated heterocycles. The highest BCUT2D eigenvalue weighted by molar-refractivity contribution is 8.00. The Kier molecular flexibility index (Phi) is 5.06. The van der Waals surface area contributed by atoms with Crippen molar-refractivity contribution in [2.24, 2.45) is 0 Å². The van der Waals surface area contributed by atoms with Crippen LogP contribution in [-0.4, -0.2) is 16.6 Å². The zero-order chi connectivity index (χ0) is 16.2. The van der Waals surface area contributed by atoms with Crippen LogP contribution in [0.3, 0.4) is 0 Å². The summed E-state index contributed by atoms with van der Waals surface area (Å²) in [5, 5.41) is 4.81. The number of hydrogen-bond acceptors (Lipinski definition) is 3. The number of pyridine rings is 1. The third-order valence-corrected chi connectivity index (χ3v) is 4.77. The van der Waals surface area contributed by atoms with Crippen LogP contribution < -0.4 is 5.32 Å². The van der Waals surface area contributed by atoms with Crippen LogP contribution in [0.2, 0.25) is 10.0 Å². The zero-order valence-electron chi connectivity index (χ0n) is 11.9. The summed E-state index contributed by atoms with van der Waals surface area (Å²) < 4.78 is 0. The van der Waals surface area contributed by atoms with Gasteiger partial charge in [0.1, 0.15) is 0 Å². The van der Waals surface area contributed by atoms with Crippen LogP contribution in [-0.2, 0) is 4.79 Å². The molecular formula is C17H12Cl2N2OS. The fourth-order valence-electron chi connectivity index (χ4n) is 2.12. The van der Waals surface area contributed by atoms with Gasteiger partial charge in [-0.1, -0.05) is 41.4 Å². The van der Waals surface area contributed by atoms with E-state index in [0.29, 0.717) is 15.7 Å². The van der Waals surface area contributed by atoms with E-state index in [0.717, 1.165) is 15.8 Å². The first-order chi connectivity index (χ1) is 11.1. The summed E-state index contributed by atoms with van der Waals surface area (Å²) in [6.07, 6.45) is 1.75. The van der Waals surface area contributed by atoms with E-state index in [1.54, 1.807) is 24.4 Å². The zero-order valence-corrected chi connectivity index (χ0v) is 14.3. The predicted molar refractivity (Wildman–Crippen MR) is 97.6 cm³/mol. The van der Waals surface area contributed by atoms with Crippen molar-refractivity contribution < 1.29 is 4.79 Å². The van der Waals surface area contributed by atoms with E-state index in [1.807, 2.05) is 30.3 Å². The summed E-state index contributed by atoms with van der Waals surface area (Å²) in [6.45, 7) is 0. The Labute approximate surface area is 148 Å². The van der Waals surface area contributed by atoms with Gasteiger partial charge in [0.25, 0.3) is 0 Å². The van der Waals surface area contributed by atoms with Crippen molar-refractivity contribution >= 4 is 57.5 Å². The highest BCUT2D eigenvalue weighted by Crippen LogP contribution is 2.28. The van der Waals surface area contributed by atoms with Crippen molar-refractivity contribution in [2.45, 2.75) is 4.90 Å². The number of benzene rings is 2. The number of aromatic nitrogens is 1. The maximum atomic E-state index is 12.1. The molecular weight excluding hydrogens is 351 g/mol. The molecule has 1 aromatic heterocycles. The number of rotatable bonds is 4. The highest BCUT2D eigenvalue weighted by atomic mass is 35.5. The molecule has 0 bridgehead atoms. The van der Waals surface area contributed by atoms with Gasteiger partial charge in [-0.05, 0) is 30.3 Å². The molecule has 0 fully saturated rings. The Morgan fingerprint density at radius 2 is 1.96 bits per heavy atom. The molecule has 0 aliphatic carbocycles. The van der Waals surface area contributed by atoms with E-state index in [1.165, 1.54) is 11.8 Å². The van der Waals surface area contributed by atoms with Gasteiger partial charge in [-0.2, -0.15) is 0 Å². The first kappa shape index (κ1) is 16.1. The van der Waals surface area contributed by atoms with E-state index in [4.69, 9.17) is 23.2 Å². The van der Waals surface area contributed by atoms with Crippen LogP contribution >= 0.6 is 35.0 Å². The van der Waals surface area contributed by atoms with Crippen LogP contribution in [0.15, 0.2) is 59.6 Å². The topological polar surface area (TPSA) is 42.0 Å². The van der Waals surface area contributed by atoms with E-state index in [2.05, 4.69) is 10.3 Å². The van der Waals surface area contributed by atoms with Crippen LogP contribution in [0, 0.1) is 0 Å². The maximum Gasteiger partial charge on any atom is 0.234 e. The number of amides is 1. The first-order valence-corrected chi connectivity index (χ1v) is 8.59. The van der Waals surface area contributed by atoms with Gasteiger partial charge in [0.15, 0.2) is 0 Å². The Bertz CT molecular complexity index is 865. The number of halogens is 2. The van der Waals surface area contributed by atoms with Crippen LogP contribution in [0.25, 0.3) is 10.9 Å². The van der Waals surface area contributed by atoms with Gasteiger partial charge in [-0.3, -0.25) is 9.78 Å². The van der Waals surface area contributed by atoms with Gasteiger partial charge in [0, 0.05) is 21.5 Å². The Morgan fingerprint density at radius 3 is 2.83 bits per heavy atom. The quantitative estimate of drug-likeness (QED) is 0.642. The molecule has 1 N–H and O–H groups in total. The minimum Gasteiger partial charge on any atom is -0.324 e. The predicted octanol–water partition coefficient (Wildman–Crippen LogP) is 5.27. The van der Waals surface area contributed by atoms with Crippen LogP contribution in [0.5, 0.6) is 0 Å². The smallest absolute Gasteiger partial charge is 0.234 e. The van der Waals surface area contributed by atoms with Crippen molar-refractivity contribution in [3.63, 3.8) is 0 Å². The number of anilines is 1. The van der Waals surface area contributed by atoms with E-state index in [9.17, 15) is 4.79 Å². The van der Waals surface area contributed by atoms with Gasteiger partial charge in [0.05, 0.1) is 22.0 Å². The lowest BCUT2D eigenvalue weighted by Gasteiger charge is -2.08. The molecule has 0 aliphatic heterocycles.